The van der Waals surface area contributed by atoms with Crippen molar-refractivity contribution in [1.29, 1.82) is 0 Å². The molecule has 0 saturated heterocycles. The van der Waals surface area contributed by atoms with Crippen LogP contribution >= 0.6 is 11.8 Å². The molecule has 1 amide bonds. The van der Waals surface area contributed by atoms with Crippen LogP contribution in [0.2, 0.25) is 0 Å². The largest absolute Gasteiger partial charge is 0.480 e. The molecule has 0 aliphatic carbocycles. The number of alkyl halides is 3. The van der Waals surface area contributed by atoms with Crippen LogP contribution in [-0.2, 0) is 9.59 Å². The first-order chi connectivity index (χ1) is 6.72. The summed E-state index contributed by atoms with van der Waals surface area (Å²) in [4.78, 5) is 21.1. The lowest BCUT2D eigenvalue weighted by atomic mass is 10.3. The molecule has 0 unspecified atom stereocenters. The third-order valence-corrected chi connectivity index (χ3v) is 2.24. The molecule has 0 rings (SSSR count). The standard InChI is InChI=1S/C7H10F3NO3S/c1-4(6(13)14)11-5(12)2-15-3-7(8,9)10/h4H,2-3H2,1H3,(H,11,12)(H,13,14)/t4-/m0/s1. The number of aliphatic carboxylic acids is 1. The minimum atomic E-state index is -4.32. The van der Waals surface area contributed by atoms with E-state index in [2.05, 4.69) is 0 Å². The van der Waals surface area contributed by atoms with Gasteiger partial charge in [-0.15, -0.1) is 11.8 Å². The van der Waals surface area contributed by atoms with Crippen molar-refractivity contribution in [1.82, 2.24) is 5.32 Å². The van der Waals surface area contributed by atoms with Crippen molar-refractivity contribution in [3.8, 4) is 0 Å². The molecule has 0 aromatic rings. The van der Waals surface area contributed by atoms with E-state index in [4.69, 9.17) is 5.11 Å². The Morgan fingerprint density at radius 2 is 2.00 bits per heavy atom. The molecule has 0 aromatic heterocycles. The van der Waals surface area contributed by atoms with Crippen molar-refractivity contribution in [2.24, 2.45) is 0 Å². The first kappa shape index (κ1) is 14.1. The number of halogens is 3. The molecule has 0 spiro atoms. The molecule has 2 N–H and O–H groups in total. The minimum Gasteiger partial charge on any atom is -0.480 e. The second-order valence-electron chi connectivity index (χ2n) is 2.74. The van der Waals surface area contributed by atoms with Crippen LogP contribution in [0.25, 0.3) is 0 Å². The normalized spacial score (nSPS) is 13.3. The SMILES string of the molecule is C[C@H](NC(=O)CSCC(F)(F)F)C(=O)O. The molecule has 0 radical (unpaired) electrons. The van der Waals surface area contributed by atoms with E-state index in [1.54, 1.807) is 0 Å². The highest BCUT2D eigenvalue weighted by Gasteiger charge is 2.27. The minimum absolute atomic E-state index is 0.392. The zero-order valence-corrected chi connectivity index (χ0v) is 8.61. The molecule has 0 aliphatic heterocycles. The Morgan fingerprint density at radius 3 is 2.40 bits per heavy atom. The van der Waals surface area contributed by atoms with Crippen molar-refractivity contribution in [3.63, 3.8) is 0 Å². The van der Waals surface area contributed by atoms with E-state index in [1.165, 1.54) is 6.92 Å². The molecular weight excluding hydrogens is 235 g/mol. The summed E-state index contributed by atoms with van der Waals surface area (Å²) in [5.74, 6) is -3.48. The third-order valence-electron chi connectivity index (χ3n) is 1.25. The van der Waals surface area contributed by atoms with E-state index in [1.807, 2.05) is 5.32 Å². The Hall–Kier alpha value is -0.920. The zero-order valence-electron chi connectivity index (χ0n) is 7.80. The van der Waals surface area contributed by atoms with Crippen molar-refractivity contribution >= 4 is 23.6 Å². The van der Waals surface area contributed by atoms with Gasteiger partial charge in [0.2, 0.25) is 5.91 Å². The summed E-state index contributed by atoms with van der Waals surface area (Å²) in [5.41, 5.74) is 0. The van der Waals surface area contributed by atoms with Crippen LogP contribution in [0.1, 0.15) is 6.92 Å². The molecule has 0 aromatic carbocycles. The van der Waals surface area contributed by atoms with E-state index in [0.29, 0.717) is 11.8 Å². The molecule has 0 bridgehead atoms. The first-order valence-corrected chi connectivity index (χ1v) is 5.04. The Labute approximate surface area is 88.2 Å². The number of carboxylic acids is 1. The predicted molar refractivity (Wildman–Crippen MR) is 48.6 cm³/mol. The third kappa shape index (κ3) is 8.10. The number of carboxylic acid groups (broad SMARTS) is 1. The monoisotopic (exact) mass is 245 g/mol. The van der Waals surface area contributed by atoms with Gasteiger partial charge in [-0.25, -0.2) is 0 Å². The van der Waals surface area contributed by atoms with Crippen LogP contribution in [0.4, 0.5) is 13.2 Å². The van der Waals surface area contributed by atoms with Gasteiger partial charge in [0, 0.05) is 0 Å². The van der Waals surface area contributed by atoms with Gasteiger partial charge in [-0.2, -0.15) is 13.2 Å². The van der Waals surface area contributed by atoms with Crippen LogP contribution in [0.3, 0.4) is 0 Å². The summed E-state index contributed by atoms with van der Waals surface area (Å²) in [7, 11) is 0. The fourth-order valence-electron chi connectivity index (χ4n) is 0.604. The summed E-state index contributed by atoms with van der Waals surface area (Å²) in [5, 5.41) is 10.4. The summed E-state index contributed by atoms with van der Waals surface area (Å²) in [6.07, 6.45) is -4.32. The number of carbonyl (C=O) groups excluding carboxylic acids is 1. The van der Waals surface area contributed by atoms with E-state index < -0.39 is 35.6 Å². The maximum Gasteiger partial charge on any atom is 0.397 e. The second kappa shape index (κ2) is 5.84. The van der Waals surface area contributed by atoms with Crippen LogP contribution in [0, 0.1) is 0 Å². The highest BCUT2D eigenvalue weighted by Crippen LogP contribution is 2.20. The van der Waals surface area contributed by atoms with Crippen LogP contribution < -0.4 is 5.32 Å². The summed E-state index contributed by atoms with van der Waals surface area (Å²) in [6.45, 7) is 1.23. The number of rotatable bonds is 5. The fourth-order valence-corrected chi connectivity index (χ4v) is 1.21. The Bertz CT molecular complexity index is 244. The average Bonchev–Trinajstić information content (AvgIpc) is 2.01. The topological polar surface area (TPSA) is 66.4 Å². The number of hydrogen-bond donors (Lipinski definition) is 2. The zero-order chi connectivity index (χ0) is 12.1. The van der Waals surface area contributed by atoms with Gasteiger partial charge in [-0.1, -0.05) is 0 Å². The number of thioether (sulfide) groups is 1. The molecule has 0 saturated carbocycles. The summed E-state index contributed by atoms with van der Waals surface area (Å²) >= 11 is 0.392. The van der Waals surface area contributed by atoms with E-state index in [0.717, 1.165) is 0 Å². The summed E-state index contributed by atoms with van der Waals surface area (Å²) < 4.78 is 35.0. The highest BCUT2D eigenvalue weighted by molar-refractivity contribution is 8.00. The Kier molecular flexibility index (Phi) is 5.48. The van der Waals surface area contributed by atoms with Gasteiger partial charge in [0.15, 0.2) is 0 Å². The molecule has 0 heterocycles. The van der Waals surface area contributed by atoms with Crippen molar-refractivity contribution in [3.05, 3.63) is 0 Å². The van der Waals surface area contributed by atoms with Gasteiger partial charge in [0.05, 0.1) is 11.5 Å². The average molecular weight is 245 g/mol. The van der Waals surface area contributed by atoms with Gasteiger partial charge in [0.1, 0.15) is 6.04 Å². The molecule has 15 heavy (non-hydrogen) atoms. The van der Waals surface area contributed by atoms with Gasteiger partial charge in [-0.3, -0.25) is 9.59 Å². The van der Waals surface area contributed by atoms with E-state index in [9.17, 15) is 22.8 Å². The number of amides is 1. The first-order valence-electron chi connectivity index (χ1n) is 3.89. The van der Waals surface area contributed by atoms with E-state index >= 15 is 0 Å². The molecule has 8 heteroatoms. The number of hydrogen-bond acceptors (Lipinski definition) is 3. The molecule has 88 valence electrons. The fraction of sp³-hybridized carbons (Fsp3) is 0.714. The van der Waals surface area contributed by atoms with Gasteiger partial charge in [-0.05, 0) is 6.92 Å². The summed E-state index contributed by atoms with van der Waals surface area (Å²) in [6, 6.07) is -1.09. The maximum atomic E-state index is 11.7. The van der Waals surface area contributed by atoms with Crippen LogP contribution in [0.5, 0.6) is 0 Å². The Balaban J connectivity index is 3.72. The second-order valence-corrected chi connectivity index (χ2v) is 3.72. The van der Waals surface area contributed by atoms with Crippen LogP contribution in [0.15, 0.2) is 0 Å². The number of carbonyl (C=O) groups is 2. The lowest BCUT2D eigenvalue weighted by Gasteiger charge is -2.09. The molecule has 0 aliphatic rings. The predicted octanol–water partition coefficient (Wildman–Crippen LogP) is 0.871. The van der Waals surface area contributed by atoms with Gasteiger partial charge >= 0.3 is 12.1 Å². The smallest absolute Gasteiger partial charge is 0.397 e. The molecule has 1 atom stereocenters. The maximum absolute atomic E-state index is 11.7. The quantitative estimate of drug-likeness (QED) is 0.754. The molecular formula is C7H10F3NO3S. The van der Waals surface area contributed by atoms with Crippen molar-refractivity contribution in [2.45, 2.75) is 19.1 Å². The van der Waals surface area contributed by atoms with E-state index in [-0.39, 0.29) is 0 Å². The molecule has 0 fully saturated rings. The highest BCUT2D eigenvalue weighted by atomic mass is 32.2. The Morgan fingerprint density at radius 1 is 1.47 bits per heavy atom. The number of nitrogens with one attached hydrogen (secondary N) is 1. The lowest BCUT2D eigenvalue weighted by molar-refractivity contribution is -0.140. The van der Waals surface area contributed by atoms with Gasteiger partial charge < -0.3 is 10.4 Å². The molecule has 4 nitrogen and oxygen atoms in total. The van der Waals surface area contributed by atoms with Crippen LogP contribution in [-0.4, -0.2) is 40.7 Å². The van der Waals surface area contributed by atoms with Crippen molar-refractivity contribution < 1.29 is 27.9 Å². The lowest BCUT2D eigenvalue weighted by Crippen LogP contribution is -2.39. The van der Waals surface area contributed by atoms with Crippen molar-refractivity contribution in [2.75, 3.05) is 11.5 Å². The van der Waals surface area contributed by atoms with Gasteiger partial charge in [0.25, 0.3) is 0 Å².